The highest BCUT2D eigenvalue weighted by atomic mass is 16.5. The van der Waals surface area contributed by atoms with Gasteiger partial charge in [0.2, 0.25) is 5.91 Å². The van der Waals surface area contributed by atoms with Crippen LogP contribution in [0.2, 0.25) is 0 Å². The van der Waals surface area contributed by atoms with Gasteiger partial charge in [-0.25, -0.2) is 9.59 Å². The molecule has 186 valence electrons. The normalized spacial score (nSPS) is 20.4. The molecule has 4 rings (SSSR count). The van der Waals surface area contributed by atoms with Crippen molar-refractivity contribution in [2.45, 2.75) is 44.8 Å². The molecule has 3 N–H and O–H groups in total. The van der Waals surface area contributed by atoms with Crippen LogP contribution in [0, 0.1) is 11.8 Å². The molecular formula is C27H32N2O6. The van der Waals surface area contributed by atoms with Crippen molar-refractivity contribution in [2.24, 2.45) is 11.8 Å². The van der Waals surface area contributed by atoms with Gasteiger partial charge in [0.15, 0.2) is 6.10 Å². The molecule has 0 spiro atoms. The average Bonchev–Trinajstić information content (AvgIpc) is 3.47. The number of fused-ring (bicyclic) bond motifs is 3. The van der Waals surface area contributed by atoms with Crippen LogP contribution in [0.5, 0.6) is 0 Å². The van der Waals surface area contributed by atoms with E-state index < -0.39 is 24.2 Å². The Balaban J connectivity index is 1.37. The molecule has 4 atom stereocenters. The minimum Gasteiger partial charge on any atom is -0.479 e. The lowest BCUT2D eigenvalue weighted by Gasteiger charge is -2.25. The third-order valence-electron chi connectivity index (χ3n) is 7.11. The number of carboxylic acid groups (broad SMARTS) is 1. The molecule has 1 aliphatic carbocycles. The second-order valence-electron chi connectivity index (χ2n) is 9.26. The summed E-state index contributed by atoms with van der Waals surface area (Å²) >= 11 is 0. The van der Waals surface area contributed by atoms with Crippen molar-refractivity contribution < 1.29 is 29.0 Å². The molecule has 2 aliphatic rings. The van der Waals surface area contributed by atoms with Gasteiger partial charge in [0.1, 0.15) is 12.6 Å². The fraction of sp³-hybridized carbons (Fsp3) is 0.444. The van der Waals surface area contributed by atoms with Crippen LogP contribution >= 0.6 is 0 Å². The Kier molecular flexibility index (Phi) is 7.70. The van der Waals surface area contributed by atoms with Gasteiger partial charge in [-0.1, -0.05) is 68.8 Å². The summed E-state index contributed by atoms with van der Waals surface area (Å²) in [4.78, 5) is 37.0. The Morgan fingerprint density at radius 1 is 1.09 bits per heavy atom. The van der Waals surface area contributed by atoms with Gasteiger partial charge in [-0.2, -0.15) is 0 Å². The van der Waals surface area contributed by atoms with Gasteiger partial charge in [0.25, 0.3) is 0 Å². The molecule has 0 aromatic heterocycles. The number of hydrogen-bond donors (Lipinski definition) is 3. The average molecular weight is 481 g/mol. The maximum Gasteiger partial charge on any atom is 0.407 e. The van der Waals surface area contributed by atoms with E-state index in [0.717, 1.165) is 22.3 Å². The smallest absolute Gasteiger partial charge is 0.407 e. The predicted octanol–water partition coefficient (Wildman–Crippen LogP) is 3.55. The number of carbonyl (C=O) groups is 3. The van der Waals surface area contributed by atoms with Gasteiger partial charge in [-0.05, 0) is 34.6 Å². The summed E-state index contributed by atoms with van der Waals surface area (Å²) in [6.07, 6.45) is -0.343. The molecule has 2 aromatic carbocycles. The van der Waals surface area contributed by atoms with E-state index in [4.69, 9.17) is 9.47 Å². The third kappa shape index (κ3) is 5.32. The first-order valence-corrected chi connectivity index (χ1v) is 12.1. The Labute approximate surface area is 205 Å². The molecule has 1 heterocycles. The van der Waals surface area contributed by atoms with Gasteiger partial charge >= 0.3 is 12.1 Å². The highest BCUT2D eigenvalue weighted by Crippen LogP contribution is 2.44. The van der Waals surface area contributed by atoms with Gasteiger partial charge in [-0.15, -0.1) is 0 Å². The van der Waals surface area contributed by atoms with Crippen molar-refractivity contribution in [3.63, 3.8) is 0 Å². The number of ether oxygens (including phenoxy) is 2. The molecule has 0 saturated carbocycles. The Morgan fingerprint density at radius 3 is 2.31 bits per heavy atom. The summed E-state index contributed by atoms with van der Waals surface area (Å²) < 4.78 is 10.9. The van der Waals surface area contributed by atoms with Gasteiger partial charge in [-0.3, -0.25) is 4.79 Å². The molecule has 2 aromatic rings. The van der Waals surface area contributed by atoms with Crippen molar-refractivity contribution in [1.29, 1.82) is 0 Å². The van der Waals surface area contributed by atoms with Crippen LogP contribution in [0.15, 0.2) is 48.5 Å². The highest BCUT2D eigenvalue weighted by Gasteiger charge is 2.35. The lowest BCUT2D eigenvalue weighted by molar-refractivity contribution is -0.149. The Morgan fingerprint density at radius 2 is 1.71 bits per heavy atom. The largest absolute Gasteiger partial charge is 0.479 e. The summed E-state index contributed by atoms with van der Waals surface area (Å²) in [5, 5.41) is 14.8. The zero-order chi connectivity index (χ0) is 24.9. The number of carbonyl (C=O) groups excluding carboxylic acids is 2. The molecule has 35 heavy (non-hydrogen) atoms. The van der Waals surface area contributed by atoms with Crippen LogP contribution in [0.4, 0.5) is 4.79 Å². The third-order valence-corrected chi connectivity index (χ3v) is 7.11. The number of amides is 2. The Hall–Kier alpha value is -3.39. The first-order valence-electron chi connectivity index (χ1n) is 12.1. The second-order valence-corrected chi connectivity index (χ2v) is 9.26. The maximum atomic E-state index is 12.9. The summed E-state index contributed by atoms with van der Waals surface area (Å²) in [7, 11) is 0. The topological polar surface area (TPSA) is 114 Å². The summed E-state index contributed by atoms with van der Waals surface area (Å²) in [5.74, 6) is -1.89. The van der Waals surface area contributed by atoms with E-state index in [9.17, 15) is 19.5 Å². The highest BCUT2D eigenvalue weighted by molar-refractivity contribution is 5.86. The standard InChI is InChI=1S/C27H32N2O6/c1-3-16(2)23(25(30)28-14-17-12-13-34-24(17)26(31)32)29-27(33)35-15-22-20-10-6-4-8-18(20)19-9-5-7-11-21(19)22/h4-11,16-17,22-24H,3,12-15H2,1-2H3,(H,28,30)(H,29,33)(H,31,32). The molecular weight excluding hydrogens is 448 g/mol. The van der Waals surface area contributed by atoms with E-state index in [0.29, 0.717) is 19.4 Å². The van der Waals surface area contributed by atoms with E-state index in [-0.39, 0.29) is 36.8 Å². The summed E-state index contributed by atoms with van der Waals surface area (Å²) in [6, 6.07) is 15.4. The SMILES string of the molecule is CCC(C)C(NC(=O)OCC1c2ccccc2-c2ccccc21)C(=O)NCC1CCOC1C(=O)O. The molecule has 8 heteroatoms. The van der Waals surface area contributed by atoms with E-state index >= 15 is 0 Å². The van der Waals surface area contributed by atoms with Crippen molar-refractivity contribution in [1.82, 2.24) is 10.6 Å². The van der Waals surface area contributed by atoms with Crippen LogP contribution in [0.25, 0.3) is 11.1 Å². The summed E-state index contributed by atoms with van der Waals surface area (Å²) in [6.45, 7) is 4.51. The fourth-order valence-corrected chi connectivity index (χ4v) is 4.93. The molecule has 4 unspecified atom stereocenters. The van der Waals surface area contributed by atoms with Crippen molar-refractivity contribution in [2.75, 3.05) is 19.8 Å². The number of carboxylic acids is 1. The van der Waals surface area contributed by atoms with E-state index in [1.807, 2.05) is 50.2 Å². The van der Waals surface area contributed by atoms with Crippen LogP contribution in [-0.4, -0.2) is 55.0 Å². The number of rotatable bonds is 9. The molecule has 2 amide bonds. The van der Waals surface area contributed by atoms with E-state index in [2.05, 4.69) is 22.8 Å². The molecule has 1 fully saturated rings. The summed E-state index contributed by atoms with van der Waals surface area (Å²) in [5.41, 5.74) is 4.52. The van der Waals surface area contributed by atoms with Crippen LogP contribution in [-0.2, 0) is 19.1 Å². The van der Waals surface area contributed by atoms with Crippen LogP contribution < -0.4 is 10.6 Å². The van der Waals surface area contributed by atoms with Crippen molar-refractivity contribution in [3.8, 4) is 11.1 Å². The van der Waals surface area contributed by atoms with Gasteiger partial charge < -0.3 is 25.2 Å². The quantitative estimate of drug-likeness (QED) is 0.506. The molecule has 1 saturated heterocycles. The zero-order valence-electron chi connectivity index (χ0n) is 20.0. The van der Waals surface area contributed by atoms with Crippen LogP contribution in [0.1, 0.15) is 43.7 Å². The lowest BCUT2D eigenvalue weighted by Crippen LogP contribution is -2.51. The first-order chi connectivity index (χ1) is 16.9. The van der Waals surface area contributed by atoms with Crippen LogP contribution in [0.3, 0.4) is 0 Å². The molecule has 1 aliphatic heterocycles. The fourth-order valence-electron chi connectivity index (χ4n) is 4.93. The maximum absolute atomic E-state index is 12.9. The molecule has 0 radical (unpaired) electrons. The monoisotopic (exact) mass is 480 g/mol. The van der Waals surface area contributed by atoms with Gasteiger partial charge in [0.05, 0.1) is 0 Å². The Bertz CT molecular complexity index is 1040. The second kappa shape index (κ2) is 10.9. The number of benzene rings is 2. The minimum absolute atomic E-state index is 0.0701. The minimum atomic E-state index is -1.03. The number of hydrogen-bond acceptors (Lipinski definition) is 5. The van der Waals surface area contributed by atoms with Gasteiger partial charge in [0, 0.05) is 25.0 Å². The number of nitrogens with one attached hydrogen (secondary N) is 2. The number of alkyl carbamates (subject to hydrolysis) is 1. The zero-order valence-corrected chi connectivity index (χ0v) is 20.0. The van der Waals surface area contributed by atoms with E-state index in [1.165, 1.54) is 0 Å². The lowest BCUT2D eigenvalue weighted by atomic mass is 9.97. The van der Waals surface area contributed by atoms with E-state index in [1.54, 1.807) is 0 Å². The van der Waals surface area contributed by atoms with Crippen molar-refractivity contribution in [3.05, 3.63) is 59.7 Å². The van der Waals surface area contributed by atoms with Crippen molar-refractivity contribution >= 4 is 18.0 Å². The molecule has 8 nitrogen and oxygen atoms in total. The molecule has 0 bridgehead atoms. The number of aliphatic carboxylic acids is 1. The predicted molar refractivity (Wildman–Crippen MR) is 130 cm³/mol. The first kappa shape index (κ1) is 24.7.